The van der Waals surface area contributed by atoms with Gasteiger partial charge in [0, 0.05) is 6.42 Å². The molecule has 2 heteroatoms. The van der Waals surface area contributed by atoms with Gasteiger partial charge < -0.3 is 5.11 Å². The Morgan fingerprint density at radius 1 is 1.14 bits per heavy atom. The summed E-state index contributed by atoms with van der Waals surface area (Å²) in [5, 5.41) is 10.6. The molecular weight excluding hydrogens is 272 g/mol. The summed E-state index contributed by atoms with van der Waals surface area (Å²) in [7, 11) is 0. The Hall–Kier alpha value is -0.630. The molecule has 122 valence electrons. The third-order valence-electron chi connectivity index (χ3n) is 8.29. The van der Waals surface area contributed by atoms with E-state index in [1.54, 1.807) is 0 Å². The summed E-state index contributed by atoms with van der Waals surface area (Å²) in [4.78, 5) is 11.8. The van der Waals surface area contributed by atoms with Crippen LogP contribution in [0.1, 0.15) is 71.6 Å². The molecule has 2 nitrogen and oxygen atoms in total. The lowest BCUT2D eigenvalue weighted by Gasteiger charge is -2.58. The predicted octanol–water partition coefficient (Wildman–Crippen LogP) is 4.27. The molecule has 6 atom stereocenters. The number of carbonyl (C=O) groups is 1. The minimum atomic E-state index is -0.0684. The number of aliphatic hydroxyl groups is 1. The average molecular weight is 302 g/mol. The molecular formula is C20H30O2. The topological polar surface area (TPSA) is 37.3 Å². The molecule has 0 spiro atoms. The predicted molar refractivity (Wildman–Crippen MR) is 87.3 cm³/mol. The number of allylic oxidation sites excluding steroid dienone is 1. The van der Waals surface area contributed by atoms with Crippen LogP contribution in [0.15, 0.2) is 11.6 Å². The molecule has 4 rings (SSSR count). The summed E-state index contributed by atoms with van der Waals surface area (Å²) in [5.41, 5.74) is 1.93. The summed E-state index contributed by atoms with van der Waals surface area (Å²) in [5.74, 6) is 2.60. The maximum Gasteiger partial charge on any atom is 0.155 e. The summed E-state index contributed by atoms with van der Waals surface area (Å²) in [6.45, 7) is 4.73. The first kappa shape index (κ1) is 14.9. The van der Waals surface area contributed by atoms with Crippen LogP contribution in [0.4, 0.5) is 0 Å². The molecule has 0 unspecified atom stereocenters. The lowest BCUT2D eigenvalue weighted by atomic mass is 9.47. The van der Waals surface area contributed by atoms with E-state index < -0.39 is 0 Å². The van der Waals surface area contributed by atoms with Crippen molar-refractivity contribution in [1.29, 1.82) is 0 Å². The molecule has 0 amide bonds. The molecule has 22 heavy (non-hydrogen) atoms. The van der Waals surface area contributed by atoms with E-state index in [1.165, 1.54) is 31.3 Å². The molecule has 4 aliphatic rings. The van der Waals surface area contributed by atoms with Crippen LogP contribution in [-0.4, -0.2) is 17.0 Å². The molecule has 0 aromatic rings. The molecule has 3 saturated carbocycles. The van der Waals surface area contributed by atoms with Crippen LogP contribution in [-0.2, 0) is 4.79 Å². The van der Waals surface area contributed by atoms with Crippen molar-refractivity contribution < 1.29 is 9.90 Å². The van der Waals surface area contributed by atoms with Crippen LogP contribution < -0.4 is 0 Å². The molecule has 4 aliphatic carbocycles. The van der Waals surface area contributed by atoms with Gasteiger partial charge in [-0.15, -0.1) is 0 Å². The molecule has 0 heterocycles. The van der Waals surface area contributed by atoms with E-state index in [0.29, 0.717) is 5.78 Å². The molecule has 0 aliphatic heterocycles. The van der Waals surface area contributed by atoms with Gasteiger partial charge in [-0.2, -0.15) is 0 Å². The van der Waals surface area contributed by atoms with Crippen LogP contribution in [0.2, 0.25) is 0 Å². The Morgan fingerprint density at radius 3 is 2.73 bits per heavy atom. The monoisotopic (exact) mass is 302 g/mol. The van der Waals surface area contributed by atoms with Crippen LogP contribution in [0.3, 0.4) is 0 Å². The van der Waals surface area contributed by atoms with Crippen molar-refractivity contribution in [3.05, 3.63) is 11.6 Å². The van der Waals surface area contributed by atoms with E-state index in [2.05, 4.69) is 13.8 Å². The van der Waals surface area contributed by atoms with Gasteiger partial charge in [-0.3, -0.25) is 4.79 Å². The molecule has 0 bridgehead atoms. The van der Waals surface area contributed by atoms with Gasteiger partial charge in [0.25, 0.3) is 0 Å². The fraction of sp³-hybridized carbons (Fsp3) is 0.850. The van der Waals surface area contributed by atoms with E-state index in [4.69, 9.17) is 0 Å². The number of fused-ring (bicyclic) bond motifs is 5. The average Bonchev–Trinajstić information content (AvgIpc) is 2.86. The van der Waals surface area contributed by atoms with Gasteiger partial charge in [0.1, 0.15) is 0 Å². The molecule has 0 saturated heterocycles. The number of rotatable bonds is 1. The SMILES string of the molecule is CC[C@]12CC[C@H]3[C@@H](CCC4=CC(=O)CC[C@@]43C)[C@@H]1CC[C@@H]2O. The minimum absolute atomic E-state index is 0.0684. The van der Waals surface area contributed by atoms with Gasteiger partial charge in [-0.05, 0) is 86.0 Å². The quantitative estimate of drug-likeness (QED) is 0.785. The molecule has 0 radical (unpaired) electrons. The van der Waals surface area contributed by atoms with Crippen LogP contribution in [0.25, 0.3) is 0 Å². The summed E-state index contributed by atoms with van der Waals surface area (Å²) in [6.07, 6.45) is 11.9. The highest BCUT2D eigenvalue weighted by Crippen LogP contribution is 2.66. The first-order chi connectivity index (χ1) is 10.5. The van der Waals surface area contributed by atoms with Crippen molar-refractivity contribution in [2.75, 3.05) is 0 Å². The fourth-order valence-electron chi connectivity index (χ4n) is 7.02. The summed E-state index contributed by atoms with van der Waals surface area (Å²) >= 11 is 0. The van der Waals surface area contributed by atoms with Crippen molar-refractivity contribution >= 4 is 5.78 Å². The lowest BCUT2D eigenvalue weighted by Crippen LogP contribution is -2.52. The van der Waals surface area contributed by atoms with Gasteiger partial charge >= 0.3 is 0 Å². The molecule has 3 fully saturated rings. The second-order valence-electron chi connectivity index (χ2n) is 8.69. The number of ketones is 1. The third kappa shape index (κ3) is 1.79. The zero-order valence-electron chi connectivity index (χ0n) is 14.1. The second kappa shape index (κ2) is 4.93. The molecule has 0 aromatic heterocycles. The van der Waals surface area contributed by atoms with E-state index in [0.717, 1.165) is 49.9 Å². The largest absolute Gasteiger partial charge is 0.393 e. The van der Waals surface area contributed by atoms with Gasteiger partial charge in [-0.1, -0.05) is 19.4 Å². The first-order valence-corrected chi connectivity index (χ1v) is 9.43. The van der Waals surface area contributed by atoms with E-state index in [-0.39, 0.29) is 16.9 Å². The van der Waals surface area contributed by atoms with Crippen LogP contribution >= 0.6 is 0 Å². The summed E-state index contributed by atoms with van der Waals surface area (Å²) in [6, 6.07) is 0. The Balaban J connectivity index is 1.69. The number of hydrogen-bond acceptors (Lipinski definition) is 2. The Kier molecular flexibility index (Phi) is 3.35. The Labute approximate surface area is 134 Å². The van der Waals surface area contributed by atoms with Crippen molar-refractivity contribution in [3.8, 4) is 0 Å². The van der Waals surface area contributed by atoms with Gasteiger partial charge in [-0.25, -0.2) is 0 Å². The summed E-state index contributed by atoms with van der Waals surface area (Å²) < 4.78 is 0. The minimum Gasteiger partial charge on any atom is -0.393 e. The fourth-order valence-corrected chi connectivity index (χ4v) is 7.02. The van der Waals surface area contributed by atoms with Gasteiger partial charge in [0.15, 0.2) is 5.78 Å². The van der Waals surface area contributed by atoms with Crippen molar-refractivity contribution in [2.24, 2.45) is 28.6 Å². The lowest BCUT2D eigenvalue weighted by molar-refractivity contribution is -0.118. The maximum atomic E-state index is 11.8. The van der Waals surface area contributed by atoms with E-state index >= 15 is 0 Å². The third-order valence-corrected chi connectivity index (χ3v) is 8.29. The second-order valence-corrected chi connectivity index (χ2v) is 8.69. The Morgan fingerprint density at radius 2 is 1.95 bits per heavy atom. The van der Waals surface area contributed by atoms with Gasteiger partial charge in [0.05, 0.1) is 6.10 Å². The normalized spacial score (nSPS) is 50.9. The first-order valence-electron chi connectivity index (χ1n) is 9.43. The van der Waals surface area contributed by atoms with E-state index in [9.17, 15) is 9.90 Å². The highest BCUT2D eigenvalue weighted by Gasteiger charge is 2.59. The standard InChI is InChI=1S/C20H30O2/c1-3-20-11-9-16-15(17(20)6-7-18(20)22)5-4-13-12-14(21)8-10-19(13,16)2/h12,15-18,22H,3-11H2,1-2H3/t15-,16+,17+,18+,19+,20+/m1/s1. The Bertz CT molecular complexity index is 522. The molecule has 1 N–H and O–H groups in total. The van der Waals surface area contributed by atoms with Crippen molar-refractivity contribution in [1.82, 2.24) is 0 Å². The van der Waals surface area contributed by atoms with Crippen molar-refractivity contribution in [2.45, 2.75) is 77.7 Å². The highest BCUT2D eigenvalue weighted by atomic mass is 16.3. The van der Waals surface area contributed by atoms with Crippen molar-refractivity contribution in [3.63, 3.8) is 0 Å². The number of hydrogen-bond donors (Lipinski definition) is 1. The van der Waals surface area contributed by atoms with E-state index in [1.807, 2.05) is 6.08 Å². The zero-order chi connectivity index (χ0) is 15.5. The smallest absolute Gasteiger partial charge is 0.155 e. The van der Waals surface area contributed by atoms with Crippen LogP contribution in [0.5, 0.6) is 0 Å². The number of aliphatic hydroxyl groups excluding tert-OH is 1. The van der Waals surface area contributed by atoms with Gasteiger partial charge in [0.2, 0.25) is 0 Å². The molecule has 0 aromatic carbocycles. The maximum absolute atomic E-state index is 11.8. The number of carbonyl (C=O) groups excluding carboxylic acids is 1. The van der Waals surface area contributed by atoms with Crippen LogP contribution in [0, 0.1) is 28.6 Å². The zero-order valence-corrected chi connectivity index (χ0v) is 14.1. The highest BCUT2D eigenvalue weighted by molar-refractivity contribution is 5.91.